The van der Waals surface area contributed by atoms with Gasteiger partial charge in [0, 0.05) is 42.7 Å². The standard InChI is InChI=1S/C29H42BN3O6/c1-9-33(21-10-12-37-13-11-21)24-16-20(30-38-28(4,5)29(6,7)39-30)15-22(19(24)3)26(34)31-17-23-25(36-8)14-18(2)32-27(23)35/h14-16,21H,9-13,17H2,1-8H3,(H,31,34)(H,32,35). The first-order chi connectivity index (χ1) is 18.4. The lowest BCUT2D eigenvalue weighted by molar-refractivity contribution is 0.00578. The number of amides is 1. The molecule has 1 aromatic heterocycles. The molecule has 2 aliphatic heterocycles. The third-order valence-electron chi connectivity index (χ3n) is 8.33. The Bertz CT molecular complexity index is 1250. The number of pyridine rings is 1. The van der Waals surface area contributed by atoms with E-state index in [0.717, 1.165) is 49.3 Å². The predicted molar refractivity (Wildman–Crippen MR) is 153 cm³/mol. The van der Waals surface area contributed by atoms with E-state index in [4.69, 9.17) is 18.8 Å². The van der Waals surface area contributed by atoms with Crippen LogP contribution in [0.2, 0.25) is 0 Å². The Morgan fingerprint density at radius 2 is 1.77 bits per heavy atom. The van der Waals surface area contributed by atoms with Crippen LogP contribution >= 0.6 is 0 Å². The lowest BCUT2D eigenvalue weighted by Crippen LogP contribution is -2.42. The maximum Gasteiger partial charge on any atom is 0.494 e. The molecule has 10 heteroatoms. The molecule has 0 bridgehead atoms. The van der Waals surface area contributed by atoms with Gasteiger partial charge in [0.2, 0.25) is 0 Å². The number of hydrogen-bond acceptors (Lipinski definition) is 7. The van der Waals surface area contributed by atoms with E-state index < -0.39 is 18.3 Å². The maximum atomic E-state index is 13.7. The molecule has 0 atom stereocenters. The van der Waals surface area contributed by atoms with Crippen LogP contribution in [0.4, 0.5) is 5.69 Å². The fourth-order valence-electron chi connectivity index (χ4n) is 5.29. The van der Waals surface area contributed by atoms with Gasteiger partial charge in [-0.05, 0) is 90.5 Å². The Morgan fingerprint density at radius 1 is 1.13 bits per heavy atom. The number of carbonyl (C=O) groups is 1. The molecule has 2 fully saturated rings. The fraction of sp³-hybridized carbons (Fsp3) is 0.586. The summed E-state index contributed by atoms with van der Waals surface area (Å²) in [5, 5.41) is 2.95. The minimum absolute atomic E-state index is 0.0323. The van der Waals surface area contributed by atoms with Crippen LogP contribution in [0.25, 0.3) is 0 Å². The van der Waals surface area contributed by atoms with E-state index in [9.17, 15) is 9.59 Å². The number of aromatic nitrogens is 1. The molecule has 0 aliphatic carbocycles. The van der Waals surface area contributed by atoms with Gasteiger partial charge in [-0.3, -0.25) is 9.59 Å². The number of carbonyl (C=O) groups excluding carboxylic acids is 1. The Labute approximate surface area is 231 Å². The van der Waals surface area contributed by atoms with Gasteiger partial charge < -0.3 is 34.0 Å². The Hall–Kier alpha value is -2.82. The van der Waals surface area contributed by atoms with Crippen molar-refractivity contribution in [2.75, 3.05) is 31.8 Å². The van der Waals surface area contributed by atoms with Crippen molar-refractivity contribution in [2.24, 2.45) is 0 Å². The van der Waals surface area contributed by atoms with Crippen molar-refractivity contribution in [3.8, 4) is 5.75 Å². The molecule has 2 aliphatic rings. The van der Waals surface area contributed by atoms with Crippen LogP contribution in [0.5, 0.6) is 5.75 Å². The van der Waals surface area contributed by atoms with Crippen LogP contribution in [0.15, 0.2) is 23.0 Å². The highest BCUT2D eigenvalue weighted by atomic mass is 16.7. The first kappa shape index (κ1) is 29.2. The van der Waals surface area contributed by atoms with Crippen molar-refractivity contribution in [3.05, 3.63) is 50.9 Å². The molecule has 212 valence electrons. The normalized spacial score (nSPS) is 18.7. The summed E-state index contributed by atoms with van der Waals surface area (Å²) in [7, 11) is 0.897. The van der Waals surface area contributed by atoms with Crippen LogP contribution in [0.3, 0.4) is 0 Å². The minimum Gasteiger partial charge on any atom is -0.496 e. The van der Waals surface area contributed by atoms with E-state index in [0.29, 0.717) is 28.6 Å². The first-order valence-electron chi connectivity index (χ1n) is 13.8. The van der Waals surface area contributed by atoms with E-state index in [1.165, 1.54) is 7.11 Å². The highest BCUT2D eigenvalue weighted by Gasteiger charge is 2.52. The van der Waals surface area contributed by atoms with Crippen molar-refractivity contribution >= 4 is 24.2 Å². The zero-order valence-electron chi connectivity index (χ0n) is 24.5. The van der Waals surface area contributed by atoms with E-state index in [-0.39, 0.29) is 18.0 Å². The average molecular weight is 539 g/mol. The van der Waals surface area contributed by atoms with Gasteiger partial charge in [-0.15, -0.1) is 0 Å². The van der Waals surface area contributed by atoms with E-state index in [1.807, 2.05) is 40.7 Å². The predicted octanol–water partition coefficient (Wildman–Crippen LogP) is 3.23. The van der Waals surface area contributed by atoms with Crippen molar-refractivity contribution in [1.82, 2.24) is 10.3 Å². The number of nitrogens with one attached hydrogen (secondary N) is 2. The summed E-state index contributed by atoms with van der Waals surface area (Å²) in [4.78, 5) is 31.4. The summed E-state index contributed by atoms with van der Waals surface area (Å²) in [5.74, 6) is 0.161. The van der Waals surface area contributed by atoms with Crippen LogP contribution in [0.1, 0.15) is 74.6 Å². The number of aromatic amines is 1. The number of benzene rings is 1. The number of rotatable bonds is 8. The molecule has 0 spiro atoms. The number of hydrogen-bond donors (Lipinski definition) is 2. The SMILES string of the molecule is CCN(c1cc(B2OC(C)(C)C(C)(C)O2)cc(C(=O)NCc2c(OC)cc(C)[nH]c2=O)c1C)C1CCOCC1. The molecular weight excluding hydrogens is 497 g/mol. The molecule has 1 amide bonds. The molecule has 39 heavy (non-hydrogen) atoms. The van der Waals surface area contributed by atoms with Crippen molar-refractivity contribution in [2.45, 2.75) is 85.1 Å². The minimum atomic E-state index is -0.616. The second-order valence-corrected chi connectivity index (χ2v) is 11.4. The van der Waals surface area contributed by atoms with Crippen molar-refractivity contribution < 1.29 is 23.6 Å². The number of aryl methyl sites for hydroxylation is 1. The molecule has 2 N–H and O–H groups in total. The largest absolute Gasteiger partial charge is 0.496 e. The van der Waals surface area contributed by atoms with Gasteiger partial charge in [0.25, 0.3) is 11.5 Å². The Balaban J connectivity index is 1.72. The molecule has 0 saturated carbocycles. The van der Waals surface area contributed by atoms with Gasteiger partial charge in [-0.25, -0.2) is 0 Å². The molecular formula is C29H42BN3O6. The third kappa shape index (κ3) is 5.88. The molecule has 2 aromatic rings. The van der Waals surface area contributed by atoms with E-state index in [2.05, 4.69) is 28.2 Å². The van der Waals surface area contributed by atoms with Crippen LogP contribution in [-0.4, -0.2) is 62.1 Å². The summed E-state index contributed by atoms with van der Waals surface area (Å²) in [5.41, 5.74) is 2.90. The monoisotopic (exact) mass is 539 g/mol. The fourth-order valence-corrected chi connectivity index (χ4v) is 5.29. The number of methoxy groups -OCH3 is 1. The second kappa shape index (κ2) is 11.4. The third-order valence-corrected chi connectivity index (χ3v) is 8.33. The lowest BCUT2D eigenvalue weighted by atomic mass is 9.77. The quantitative estimate of drug-likeness (QED) is 0.497. The molecule has 9 nitrogen and oxygen atoms in total. The summed E-state index contributed by atoms with van der Waals surface area (Å²) < 4.78 is 23.8. The van der Waals surface area contributed by atoms with Gasteiger partial charge in [0.05, 0.1) is 30.4 Å². The number of H-pyrrole nitrogens is 1. The zero-order chi connectivity index (χ0) is 28.5. The summed E-state index contributed by atoms with van der Waals surface area (Å²) in [6.45, 7) is 16.2. The summed E-state index contributed by atoms with van der Waals surface area (Å²) >= 11 is 0. The van der Waals surface area contributed by atoms with Gasteiger partial charge in [0.1, 0.15) is 5.75 Å². The average Bonchev–Trinajstić information content (AvgIpc) is 3.11. The van der Waals surface area contributed by atoms with Crippen LogP contribution in [0, 0.1) is 13.8 Å². The molecule has 3 heterocycles. The van der Waals surface area contributed by atoms with Gasteiger partial charge in [-0.1, -0.05) is 0 Å². The van der Waals surface area contributed by atoms with Crippen LogP contribution < -0.4 is 26.0 Å². The lowest BCUT2D eigenvalue weighted by Gasteiger charge is -2.37. The molecule has 2 saturated heterocycles. The van der Waals surface area contributed by atoms with Gasteiger partial charge >= 0.3 is 7.12 Å². The van der Waals surface area contributed by atoms with Crippen LogP contribution in [-0.2, 0) is 20.6 Å². The van der Waals surface area contributed by atoms with E-state index in [1.54, 1.807) is 13.0 Å². The highest BCUT2D eigenvalue weighted by Crippen LogP contribution is 2.37. The number of ether oxygens (including phenoxy) is 2. The van der Waals surface area contributed by atoms with Gasteiger partial charge in [-0.2, -0.15) is 0 Å². The zero-order valence-corrected chi connectivity index (χ0v) is 24.5. The second-order valence-electron chi connectivity index (χ2n) is 11.4. The number of nitrogens with zero attached hydrogens (tertiary/aromatic N) is 1. The topological polar surface area (TPSA) is 102 Å². The smallest absolute Gasteiger partial charge is 0.494 e. The molecule has 0 unspecified atom stereocenters. The number of anilines is 1. The van der Waals surface area contributed by atoms with Gasteiger partial charge in [0.15, 0.2) is 0 Å². The summed E-state index contributed by atoms with van der Waals surface area (Å²) in [6.07, 6.45) is 1.84. The molecule has 4 rings (SSSR count). The van der Waals surface area contributed by atoms with E-state index >= 15 is 0 Å². The summed E-state index contributed by atoms with van der Waals surface area (Å²) in [6, 6.07) is 6.01. The maximum absolute atomic E-state index is 13.7. The Morgan fingerprint density at radius 3 is 2.36 bits per heavy atom. The highest BCUT2D eigenvalue weighted by molar-refractivity contribution is 6.62. The molecule has 0 radical (unpaired) electrons. The van der Waals surface area contributed by atoms with Crippen molar-refractivity contribution in [1.29, 1.82) is 0 Å². The van der Waals surface area contributed by atoms with Crippen molar-refractivity contribution in [3.63, 3.8) is 0 Å². The molecule has 1 aromatic carbocycles. The Kier molecular flexibility index (Phi) is 8.49. The first-order valence-corrected chi connectivity index (χ1v) is 13.8.